The second-order valence-corrected chi connectivity index (χ2v) is 8.54. The van der Waals surface area contributed by atoms with Gasteiger partial charge in [0.1, 0.15) is 0 Å². The van der Waals surface area contributed by atoms with E-state index in [4.69, 9.17) is 0 Å². The lowest BCUT2D eigenvalue weighted by atomic mass is 10.1. The van der Waals surface area contributed by atoms with E-state index in [1.165, 1.54) is 0 Å². The molecule has 2 rings (SSSR count). The fourth-order valence-electron chi connectivity index (χ4n) is 2.47. The van der Waals surface area contributed by atoms with Crippen LogP contribution in [0.2, 0.25) is 0 Å². The van der Waals surface area contributed by atoms with E-state index in [9.17, 15) is 13.2 Å². The first kappa shape index (κ1) is 20.0. The number of hydrogen-bond acceptors (Lipinski definition) is 3. The molecule has 2 aromatic carbocycles. The molecule has 0 radical (unpaired) electrons. The maximum absolute atomic E-state index is 12.6. The van der Waals surface area contributed by atoms with E-state index in [-0.39, 0.29) is 10.8 Å². The van der Waals surface area contributed by atoms with Gasteiger partial charge < -0.3 is 5.32 Å². The first-order valence-electron chi connectivity index (χ1n) is 8.67. The van der Waals surface area contributed by atoms with Gasteiger partial charge in [-0.3, -0.25) is 9.52 Å². The van der Waals surface area contributed by atoms with Crippen molar-refractivity contribution in [2.24, 2.45) is 5.92 Å². The fourth-order valence-corrected chi connectivity index (χ4v) is 3.86. The minimum absolute atomic E-state index is 0.158. The van der Waals surface area contributed by atoms with E-state index < -0.39 is 10.0 Å². The van der Waals surface area contributed by atoms with E-state index >= 15 is 0 Å². The highest BCUT2D eigenvalue weighted by molar-refractivity contribution is 7.92. The predicted octanol–water partition coefficient (Wildman–Crippen LogP) is 3.88. The van der Waals surface area contributed by atoms with Crippen LogP contribution < -0.4 is 10.0 Å². The summed E-state index contributed by atoms with van der Waals surface area (Å²) < 4.78 is 27.8. The molecule has 0 aliphatic rings. The smallest absolute Gasteiger partial charge is 0.262 e. The van der Waals surface area contributed by atoms with Gasteiger partial charge in [0.05, 0.1) is 4.90 Å². The number of nitrogens with one attached hydrogen (secondary N) is 2. The van der Waals surface area contributed by atoms with E-state index in [1.54, 1.807) is 43.3 Å². The van der Waals surface area contributed by atoms with Crippen LogP contribution in [-0.2, 0) is 10.0 Å². The van der Waals surface area contributed by atoms with Gasteiger partial charge in [-0.05, 0) is 67.6 Å². The molecule has 0 aliphatic heterocycles. The third-order valence-corrected chi connectivity index (χ3v) is 5.56. The number of anilines is 1. The van der Waals surface area contributed by atoms with Gasteiger partial charge >= 0.3 is 0 Å². The zero-order valence-corrected chi connectivity index (χ0v) is 16.5. The Hall–Kier alpha value is -2.34. The summed E-state index contributed by atoms with van der Waals surface area (Å²) in [6, 6.07) is 11.7. The molecule has 2 N–H and O–H groups in total. The standard InChI is InChI=1S/C20H26N2O3S/c1-14(2)11-12-21-20(23)17-7-9-18(10-8-17)22-26(24,25)19-13-15(3)5-6-16(19)4/h5-10,13-14,22H,11-12H2,1-4H3,(H,21,23). The number of carbonyl (C=O) groups is 1. The molecule has 0 aromatic heterocycles. The van der Waals surface area contributed by atoms with Crippen LogP contribution in [0, 0.1) is 19.8 Å². The third-order valence-electron chi connectivity index (χ3n) is 4.04. The molecule has 140 valence electrons. The van der Waals surface area contributed by atoms with Gasteiger partial charge in [-0.1, -0.05) is 26.0 Å². The number of hydrogen-bond donors (Lipinski definition) is 2. The first-order valence-corrected chi connectivity index (χ1v) is 10.2. The lowest BCUT2D eigenvalue weighted by Crippen LogP contribution is -2.25. The van der Waals surface area contributed by atoms with Gasteiger partial charge in [0.2, 0.25) is 0 Å². The van der Waals surface area contributed by atoms with E-state index in [0.717, 1.165) is 12.0 Å². The van der Waals surface area contributed by atoms with E-state index in [1.807, 2.05) is 13.0 Å². The van der Waals surface area contributed by atoms with Crippen LogP contribution in [0.3, 0.4) is 0 Å². The van der Waals surface area contributed by atoms with Crippen molar-refractivity contribution in [1.82, 2.24) is 5.32 Å². The summed E-state index contributed by atoms with van der Waals surface area (Å²) in [5, 5.41) is 2.86. The average Bonchev–Trinajstić information content (AvgIpc) is 2.57. The van der Waals surface area contributed by atoms with Crippen LogP contribution in [0.15, 0.2) is 47.4 Å². The third kappa shape index (κ3) is 5.33. The molecule has 0 unspecified atom stereocenters. The van der Waals surface area contributed by atoms with Gasteiger partial charge in [0.15, 0.2) is 0 Å². The zero-order valence-electron chi connectivity index (χ0n) is 15.7. The van der Waals surface area contributed by atoms with Crippen molar-refractivity contribution in [2.45, 2.75) is 39.0 Å². The molecular formula is C20H26N2O3S. The van der Waals surface area contributed by atoms with Crippen molar-refractivity contribution >= 4 is 21.6 Å². The second-order valence-electron chi connectivity index (χ2n) is 6.89. The highest BCUT2D eigenvalue weighted by atomic mass is 32.2. The molecule has 0 atom stereocenters. The van der Waals surface area contributed by atoms with Gasteiger partial charge in [0.25, 0.3) is 15.9 Å². The van der Waals surface area contributed by atoms with Crippen LogP contribution in [0.4, 0.5) is 5.69 Å². The lowest BCUT2D eigenvalue weighted by molar-refractivity contribution is 0.0952. The topological polar surface area (TPSA) is 75.3 Å². The zero-order chi connectivity index (χ0) is 19.3. The first-order chi connectivity index (χ1) is 12.2. The van der Waals surface area contributed by atoms with Crippen molar-refractivity contribution in [3.8, 4) is 0 Å². The number of sulfonamides is 1. The van der Waals surface area contributed by atoms with Gasteiger partial charge in [-0.15, -0.1) is 0 Å². The molecule has 5 nitrogen and oxygen atoms in total. The summed E-state index contributed by atoms with van der Waals surface area (Å²) in [5.41, 5.74) is 2.49. The largest absolute Gasteiger partial charge is 0.352 e. The lowest BCUT2D eigenvalue weighted by Gasteiger charge is -2.12. The molecule has 0 spiro atoms. The Balaban J connectivity index is 2.09. The minimum Gasteiger partial charge on any atom is -0.352 e. The molecule has 6 heteroatoms. The molecule has 26 heavy (non-hydrogen) atoms. The summed E-state index contributed by atoms with van der Waals surface area (Å²) in [4.78, 5) is 12.3. The molecule has 0 bridgehead atoms. The summed E-state index contributed by atoms with van der Waals surface area (Å²) in [6.45, 7) is 8.44. The molecule has 2 aromatic rings. The Labute approximate surface area is 155 Å². The number of carbonyl (C=O) groups excluding carboxylic acids is 1. The van der Waals surface area contributed by atoms with Gasteiger partial charge in [-0.2, -0.15) is 0 Å². The summed E-state index contributed by atoms with van der Waals surface area (Å²) in [6.07, 6.45) is 0.916. The maximum Gasteiger partial charge on any atom is 0.262 e. The highest BCUT2D eigenvalue weighted by Gasteiger charge is 2.17. The normalized spacial score (nSPS) is 11.4. The van der Waals surface area contributed by atoms with Crippen LogP contribution in [-0.4, -0.2) is 20.9 Å². The van der Waals surface area contributed by atoms with Crippen molar-refractivity contribution < 1.29 is 13.2 Å². The van der Waals surface area contributed by atoms with Gasteiger partial charge in [-0.25, -0.2) is 8.42 Å². The molecule has 0 fully saturated rings. The SMILES string of the molecule is Cc1ccc(C)c(S(=O)(=O)Nc2ccc(C(=O)NCCC(C)C)cc2)c1. The Morgan fingerprint density at radius 1 is 1.04 bits per heavy atom. The molecule has 0 heterocycles. The second kappa shape index (κ2) is 8.36. The highest BCUT2D eigenvalue weighted by Crippen LogP contribution is 2.21. The van der Waals surface area contributed by atoms with Crippen LogP contribution in [0.1, 0.15) is 41.8 Å². The van der Waals surface area contributed by atoms with Crippen LogP contribution in [0.25, 0.3) is 0 Å². The Kier molecular flexibility index (Phi) is 6.42. The van der Waals surface area contributed by atoms with Crippen molar-refractivity contribution in [2.75, 3.05) is 11.3 Å². The van der Waals surface area contributed by atoms with Crippen molar-refractivity contribution in [1.29, 1.82) is 0 Å². The monoisotopic (exact) mass is 374 g/mol. The number of aryl methyl sites for hydroxylation is 2. The summed E-state index contributed by atoms with van der Waals surface area (Å²) in [5.74, 6) is 0.367. The Morgan fingerprint density at radius 2 is 1.69 bits per heavy atom. The number of rotatable bonds is 7. The van der Waals surface area contributed by atoms with Crippen molar-refractivity contribution in [3.05, 3.63) is 59.2 Å². The molecule has 1 amide bonds. The Morgan fingerprint density at radius 3 is 2.31 bits per heavy atom. The number of amides is 1. The van der Waals surface area contributed by atoms with Crippen LogP contribution >= 0.6 is 0 Å². The fraction of sp³-hybridized carbons (Fsp3) is 0.350. The van der Waals surface area contributed by atoms with Crippen molar-refractivity contribution in [3.63, 3.8) is 0 Å². The minimum atomic E-state index is -3.67. The molecule has 0 saturated carbocycles. The predicted molar refractivity (Wildman–Crippen MR) is 105 cm³/mol. The summed E-state index contributed by atoms with van der Waals surface area (Å²) >= 11 is 0. The van der Waals surface area contributed by atoms with E-state index in [0.29, 0.717) is 29.3 Å². The molecule has 0 aliphatic carbocycles. The van der Waals surface area contributed by atoms with E-state index in [2.05, 4.69) is 23.9 Å². The molecular weight excluding hydrogens is 348 g/mol. The van der Waals surface area contributed by atoms with Gasteiger partial charge in [0, 0.05) is 17.8 Å². The average molecular weight is 375 g/mol. The maximum atomic E-state index is 12.6. The number of benzene rings is 2. The van der Waals surface area contributed by atoms with Crippen LogP contribution in [0.5, 0.6) is 0 Å². The molecule has 0 saturated heterocycles. The Bertz CT molecular complexity index is 872. The summed E-state index contributed by atoms with van der Waals surface area (Å²) in [7, 11) is -3.67. The quantitative estimate of drug-likeness (QED) is 0.772.